The van der Waals surface area contributed by atoms with E-state index in [1.807, 2.05) is 16.0 Å². The number of phenols is 1. The highest BCUT2D eigenvalue weighted by Gasteiger charge is 2.43. The first-order valence-corrected chi connectivity index (χ1v) is 27.9. The summed E-state index contributed by atoms with van der Waals surface area (Å²) < 4.78 is 11.3. The number of nitrogens with two attached hydrogens (primary N) is 2. The van der Waals surface area contributed by atoms with E-state index < -0.39 is 202 Å². The number of hydrogen-bond donors (Lipinski definition) is 21. The average molecular weight is 1220 g/mol. The van der Waals surface area contributed by atoms with E-state index in [0.29, 0.717) is 12.8 Å². The van der Waals surface area contributed by atoms with Crippen LogP contribution in [-0.2, 0) is 57.4 Å². The molecule has 0 aromatic heterocycles. The number of aromatic hydroxyl groups is 1. The van der Waals surface area contributed by atoms with Crippen LogP contribution in [0, 0.1) is 0 Å². The van der Waals surface area contributed by atoms with E-state index in [1.54, 1.807) is 0 Å². The molecule has 2 fully saturated rings. The van der Waals surface area contributed by atoms with E-state index in [1.165, 1.54) is 0 Å². The van der Waals surface area contributed by atoms with Crippen molar-refractivity contribution in [2.75, 3.05) is 32.9 Å². The van der Waals surface area contributed by atoms with Crippen LogP contribution in [0.15, 0.2) is 24.3 Å². The molecule has 9 amide bonds. The highest BCUT2D eigenvalue weighted by Crippen LogP contribution is 2.25. The Morgan fingerprint density at radius 2 is 1.21 bits per heavy atom. The highest BCUT2D eigenvalue weighted by atomic mass is 16.7. The van der Waals surface area contributed by atoms with Gasteiger partial charge in [0, 0.05) is 12.5 Å². The number of unbranched alkanes of at least 4 members (excludes halogenated alkanes) is 8. The monoisotopic (exact) mass is 1220 g/mol. The second kappa shape index (κ2) is 36.9. The SMILES string of the molecule is CCCCCCCCCCC[C@@H](O[C@H]1OC[C@@H](O)[C@H](O)[C@H]1O)[C@H](O)[C@H](O)C[C@@H]1CC(=O)N[C@@H](CO)C(=O)N[C@H]([C@H](O)c2ccc(O)cc2)C(=O)N[C@H](CCN)C(=O)NCC(=O)N[C@@H](CC(=O)O)C(=O)N[C@H](CO)C(=O)N[C@@H]([C@H](O)C(N)=O)C(=O)N1. The molecule has 480 valence electrons. The molecule has 2 aliphatic heterocycles. The van der Waals surface area contributed by atoms with Gasteiger partial charge in [-0.2, -0.15) is 0 Å². The molecule has 23 N–H and O–H groups in total. The van der Waals surface area contributed by atoms with E-state index in [0.717, 1.165) is 69.2 Å². The van der Waals surface area contributed by atoms with E-state index in [-0.39, 0.29) is 30.7 Å². The van der Waals surface area contributed by atoms with Crippen molar-refractivity contribution in [1.29, 1.82) is 0 Å². The Morgan fingerprint density at radius 3 is 1.79 bits per heavy atom. The molecular weight excluding hydrogens is 1130 g/mol. The number of aliphatic hydroxyl groups excluding tert-OH is 9. The van der Waals surface area contributed by atoms with Crippen molar-refractivity contribution in [1.82, 2.24) is 42.5 Å². The Kier molecular flexibility index (Phi) is 31.5. The van der Waals surface area contributed by atoms with Crippen molar-refractivity contribution in [2.45, 2.75) is 194 Å². The van der Waals surface area contributed by atoms with Gasteiger partial charge in [0.2, 0.25) is 53.2 Å². The lowest BCUT2D eigenvalue weighted by atomic mass is 9.94. The van der Waals surface area contributed by atoms with Crippen molar-refractivity contribution in [2.24, 2.45) is 11.5 Å². The van der Waals surface area contributed by atoms with Gasteiger partial charge < -0.3 is 120 Å². The first kappa shape index (κ1) is 72.5. The molecule has 0 aliphatic carbocycles. The Labute approximate surface area is 488 Å². The van der Waals surface area contributed by atoms with Crippen molar-refractivity contribution in [3.63, 3.8) is 0 Å². The normalized spacial score (nSPS) is 27.5. The molecule has 3 rings (SSSR count). The van der Waals surface area contributed by atoms with Crippen LogP contribution in [0.3, 0.4) is 0 Å². The molecule has 33 nitrogen and oxygen atoms in total. The summed E-state index contributed by atoms with van der Waals surface area (Å²) in [4.78, 5) is 134. The first-order valence-electron chi connectivity index (χ1n) is 27.9. The number of carbonyl (C=O) groups excluding carboxylic acids is 9. The summed E-state index contributed by atoms with van der Waals surface area (Å²) >= 11 is 0. The summed E-state index contributed by atoms with van der Waals surface area (Å²) in [5.41, 5.74) is 10.9. The zero-order valence-electron chi connectivity index (χ0n) is 47.0. The maximum Gasteiger partial charge on any atom is 0.305 e. The van der Waals surface area contributed by atoms with Crippen LogP contribution in [0.25, 0.3) is 0 Å². The van der Waals surface area contributed by atoms with Gasteiger partial charge in [0.25, 0.3) is 0 Å². The Balaban J connectivity index is 2.15. The molecule has 0 bridgehead atoms. The third-order valence-corrected chi connectivity index (χ3v) is 13.9. The Hall–Kier alpha value is -6.76. The number of hydrogen-bond acceptors (Lipinski definition) is 23. The molecule has 0 unspecified atom stereocenters. The molecule has 0 radical (unpaired) electrons. The molecule has 1 aromatic rings. The average Bonchev–Trinajstić information content (AvgIpc) is 3.21. The van der Waals surface area contributed by atoms with E-state index >= 15 is 0 Å². The van der Waals surface area contributed by atoms with Gasteiger partial charge in [-0.1, -0.05) is 76.8 Å². The van der Waals surface area contributed by atoms with Gasteiger partial charge in [0.1, 0.15) is 72.5 Å². The Bertz CT molecular complexity index is 2360. The molecule has 1 aromatic carbocycles. The van der Waals surface area contributed by atoms with Gasteiger partial charge in [0.15, 0.2) is 12.4 Å². The first-order chi connectivity index (χ1) is 40.3. The number of carboxylic acid groups (broad SMARTS) is 1. The molecular formula is C52H84N10O23. The van der Waals surface area contributed by atoms with Crippen LogP contribution in [0.4, 0.5) is 0 Å². The molecule has 85 heavy (non-hydrogen) atoms. The number of ether oxygens (including phenoxy) is 2. The predicted octanol–water partition coefficient (Wildman–Crippen LogP) is -8.15. The number of carboxylic acids is 1. The lowest BCUT2D eigenvalue weighted by Gasteiger charge is -2.38. The number of nitrogens with one attached hydrogen (secondary N) is 8. The van der Waals surface area contributed by atoms with E-state index in [2.05, 4.69) is 33.5 Å². The molecule has 16 atom stereocenters. The van der Waals surface area contributed by atoms with Crippen molar-refractivity contribution in [3.05, 3.63) is 29.8 Å². The van der Waals surface area contributed by atoms with Crippen LogP contribution >= 0.6 is 0 Å². The summed E-state index contributed by atoms with van der Waals surface area (Å²) in [5, 5.41) is 134. The second-order valence-electron chi connectivity index (χ2n) is 20.7. The van der Waals surface area contributed by atoms with E-state index in [4.69, 9.17) is 20.9 Å². The largest absolute Gasteiger partial charge is 0.508 e. The molecule has 0 saturated carbocycles. The van der Waals surface area contributed by atoms with Crippen LogP contribution in [-0.4, -0.2) is 240 Å². The third-order valence-electron chi connectivity index (χ3n) is 13.9. The van der Waals surface area contributed by atoms with Gasteiger partial charge in [-0.25, -0.2) is 0 Å². The number of aliphatic carboxylic acids is 1. The van der Waals surface area contributed by atoms with Crippen LogP contribution < -0.4 is 54.0 Å². The lowest BCUT2D eigenvalue weighted by Crippen LogP contribution is -2.63. The molecule has 2 heterocycles. The zero-order chi connectivity index (χ0) is 63.5. The number of primary amides is 1. The maximum atomic E-state index is 14.2. The van der Waals surface area contributed by atoms with Gasteiger partial charge in [-0.05, 0) is 43.5 Å². The van der Waals surface area contributed by atoms with Crippen molar-refractivity contribution in [3.8, 4) is 5.75 Å². The fourth-order valence-electron chi connectivity index (χ4n) is 9.08. The fraction of sp³-hybridized carbons (Fsp3) is 0.692. The summed E-state index contributed by atoms with van der Waals surface area (Å²) in [7, 11) is 0. The smallest absolute Gasteiger partial charge is 0.305 e. The number of phenolic OH excluding ortho intramolecular Hbond substituents is 1. The summed E-state index contributed by atoms with van der Waals surface area (Å²) in [6.07, 6.45) is -13.0. The van der Waals surface area contributed by atoms with Gasteiger partial charge >= 0.3 is 5.97 Å². The number of rotatable bonds is 26. The minimum absolute atomic E-state index is 0.0453. The molecule has 2 aliphatic rings. The number of carbonyl (C=O) groups is 10. The minimum Gasteiger partial charge on any atom is -0.508 e. The lowest BCUT2D eigenvalue weighted by molar-refractivity contribution is -0.293. The van der Waals surface area contributed by atoms with Gasteiger partial charge in [0.05, 0.1) is 45.0 Å². The number of aliphatic hydroxyl groups is 9. The summed E-state index contributed by atoms with van der Waals surface area (Å²) in [6.45, 7) is -2.38. The van der Waals surface area contributed by atoms with E-state index in [9.17, 15) is 104 Å². The fourth-order valence-corrected chi connectivity index (χ4v) is 9.08. The summed E-state index contributed by atoms with van der Waals surface area (Å²) in [5.74, 6) is -14.7. The minimum atomic E-state index is -2.68. The number of amides is 9. The van der Waals surface area contributed by atoms with Crippen LogP contribution in [0.5, 0.6) is 5.75 Å². The standard InChI is InChI=1S/C52H84N10O23/c1-2-3-4-5-6-7-8-9-10-11-34(85-52-44(76)42(74)33(67)24-84-52)41(73)32(66)18-26-19-35(68)58-30(22-63)48(80)61-38(40(72)25-12-14-27(65)15-13-25)51(83)59-28(16-17-53)46(78)55-21-36(69)57-29(20-37(70)71)47(79)60-31(23-64)49(81)62-39(50(82)56-26)43(75)45(54)77/h12-15,26,28-34,38-44,52,63-67,72-76H,2-11,16-24,53H2,1H3,(H2,54,77)(H,55,78)(H,56,82)(H,57,69)(H,58,68)(H,59,83)(H,60,79)(H,61,80)(H,62,81)(H,70,71)/t26-,28-,29+,30+,31-,32-,33-,34-,38-,39+,40-,41-,42+,43+,44-,52-/m1/s1. The Morgan fingerprint density at radius 1 is 0.671 bits per heavy atom. The predicted molar refractivity (Wildman–Crippen MR) is 291 cm³/mol. The summed E-state index contributed by atoms with van der Waals surface area (Å²) in [6, 6.07) is -9.95. The van der Waals surface area contributed by atoms with Crippen molar-refractivity contribution >= 4 is 59.1 Å². The van der Waals surface area contributed by atoms with Crippen LogP contribution in [0.2, 0.25) is 0 Å². The van der Waals surface area contributed by atoms with Crippen LogP contribution in [0.1, 0.15) is 108 Å². The zero-order valence-corrected chi connectivity index (χ0v) is 47.0. The van der Waals surface area contributed by atoms with Crippen molar-refractivity contribution < 1.29 is 114 Å². The van der Waals surface area contributed by atoms with Gasteiger partial charge in [-0.15, -0.1) is 0 Å². The molecule has 2 saturated heterocycles. The van der Waals surface area contributed by atoms with Gasteiger partial charge in [-0.3, -0.25) is 47.9 Å². The molecule has 33 heteroatoms. The third kappa shape index (κ3) is 23.9. The highest BCUT2D eigenvalue weighted by molar-refractivity contribution is 5.99. The quantitative estimate of drug-likeness (QED) is 0.0383. The second-order valence-corrected chi connectivity index (χ2v) is 20.7. The maximum absolute atomic E-state index is 14.2. The topological polar surface area (TPSA) is 560 Å². The number of benzene rings is 1. The molecule has 0 spiro atoms.